The molecule has 0 spiro atoms. The Labute approximate surface area is 120 Å². The van der Waals surface area contributed by atoms with E-state index in [0.29, 0.717) is 23.9 Å². The third-order valence-corrected chi connectivity index (χ3v) is 3.35. The van der Waals surface area contributed by atoms with Gasteiger partial charge in [-0.2, -0.15) is 13.4 Å². The Morgan fingerprint density at radius 2 is 2.05 bits per heavy atom. The molecule has 0 bridgehead atoms. The third-order valence-electron chi connectivity index (χ3n) is 2.96. The first-order valence-electron chi connectivity index (χ1n) is 6.21. The SMILES string of the molecule is O=S(=O)(F)Oc1ccc(-c2noc(C3CCCO3)n2)cc1. The van der Waals surface area contributed by atoms with Crippen molar-refractivity contribution in [2.45, 2.75) is 18.9 Å². The van der Waals surface area contributed by atoms with Gasteiger partial charge in [0.2, 0.25) is 5.82 Å². The van der Waals surface area contributed by atoms with Gasteiger partial charge in [0.25, 0.3) is 5.89 Å². The number of benzene rings is 1. The lowest BCUT2D eigenvalue weighted by Gasteiger charge is -2.01. The number of aromatic nitrogens is 2. The highest BCUT2D eigenvalue weighted by Crippen LogP contribution is 2.29. The van der Waals surface area contributed by atoms with Crippen molar-refractivity contribution < 1.29 is 25.7 Å². The average Bonchev–Trinajstić information content (AvgIpc) is 3.09. The Morgan fingerprint density at radius 3 is 2.67 bits per heavy atom. The molecular weight excluding hydrogens is 303 g/mol. The van der Waals surface area contributed by atoms with Crippen molar-refractivity contribution in [1.82, 2.24) is 10.1 Å². The molecule has 1 saturated heterocycles. The van der Waals surface area contributed by atoms with E-state index < -0.39 is 10.5 Å². The van der Waals surface area contributed by atoms with Crippen LogP contribution in [0.15, 0.2) is 28.8 Å². The number of rotatable bonds is 4. The summed E-state index contributed by atoms with van der Waals surface area (Å²) in [5.74, 6) is 0.619. The Morgan fingerprint density at radius 1 is 1.29 bits per heavy atom. The summed E-state index contributed by atoms with van der Waals surface area (Å²) in [6, 6.07) is 5.61. The molecule has 2 aromatic rings. The highest BCUT2D eigenvalue weighted by Gasteiger charge is 2.24. The van der Waals surface area contributed by atoms with E-state index in [4.69, 9.17) is 9.26 Å². The van der Waals surface area contributed by atoms with Crippen LogP contribution in [0.3, 0.4) is 0 Å². The summed E-state index contributed by atoms with van der Waals surface area (Å²) in [4.78, 5) is 4.23. The Hall–Kier alpha value is -2.00. The molecule has 0 aliphatic carbocycles. The largest absolute Gasteiger partial charge is 0.488 e. The van der Waals surface area contributed by atoms with Gasteiger partial charge < -0.3 is 13.4 Å². The molecule has 1 fully saturated rings. The van der Waals surface area contributed by atoms with Crippen molar-refractivity contribution in [2.75, 3.05) is 6.61 Å². The second-order valence-corrected chi connectivity index (χ2v) is 5.41. The molecule has 7 nitrogen and oxygen atoms in total. The first-order chi connectivity index (χ1) is 10.0. The number of halogens is 1. The smallest absolute Gasteiger partial charge is 0.368 e. The fourth-order valence-corrected chi connectivity index (χ4v) is 2.37. The summed E-state index contributed by atoms with van der Waals surface area (Å²) in [7, 11) is -5.03. The summed E-state index contributed by atoms with van der Waals surface area (Å²) in [5, 5.41) is 3.84. The second kappa shape index (κ2) is 5.41. The fraction of sp³-hybridized carbons (Fsp3) is 0.333. The maximum atomic E-state index is 12.4. The van der Waals surface area contributed by atoms with Crippen LogP contribution in [0.25, 0.3) is 11.4 Å². The molecule has 3 rings (SSSR count). The van der Waals surface area contributed by atoms with E-state index in [1.54, 1.807) is 0 Å². The average molecular weight is 314 g/mol. The minimum atomic E-state index is -5.03. The van der Waals surface area contributed by atoms with E-state index in [1.807, 2.05) is 0 Å². The van der Waals surface area contributed by atoms with Gasteiger partial charge >= 0.3 is 10.5 Å². The van der Waals surface area contributed by atoms with Crippen molar-refractivity contribution >= 4 is 10.5 Å². The van der Waals surface area contributed by atoms with E-state index in [9.17, 15) is 12.3 Å². The summed E-state index contributed by atoms with van der Waals surface area (Å²) < 4.78 is 47.8. The molecule has 1 aromatic heterocycles. The lowest BCUT2D eigenvalue weighted by molar-refractivity contribution is 0.0835. The second-order valence-electron chi connectivity index (χ2n) is 4.46. The van der Waals surface area contributed by atoms with E-state index in [1.165, 1.54) is 24.3 Å². The zero-order valence-electron chi connectivity index (χ0n) is 10.7. The van der Waals surface area contributed by atoms with Gasteiger partial charge in [-0.3, -0.25) is 0 Å². The first kappa shape index (κ1) is 14.0. The van der Waals surface area contributed by atoms with Gasteiger partial charge in [0, 0.05) is 12.2 Å². The first-order valence-corrected chi connectivity index (χ1v) is 7.52. The summed E-state index contributed by atoms with van der Waals surface area (Å²) >= 11 is 0. The monoisotopic (exact) mass is 314 g/mol. The molecule has 1 aliphatic heterocycles. The molecule has 1 aliphatic rings. The molecule has 112 valence electrons. The maximum Gasteiger partial charge on any atom is 0.488 e. The Kier molecular flexibility index (Phi) is 3.60. The van der Waals surface area contributed by atoms with Crippen molar-refractivity contribution in [3.63, 3.8) is 0 Å². The van der Waals surface area contributed by atoms with Gasteiger partial charge in [-0.1, -0.05) is 9.04 Å². The minimum Gasteiger partial charge on any atom is -0.368 e. The third kappa shape index (κ3) is 3.37. The molecule has 0 N–H and O–H groups in total. The van der Waals surface area contributed by atoms with Gasteiger partial charge in [0.05, 0.1) is 0 Å². The van der Waals surface area contributed by atoms with Crippen LogP contribution in [0.1, 0.15) is 24.8 Å². The normalized spacial score (nSPS) is 18.8. The lowest BCUT2D eigenvalue weighted by atomic mass is 10.2. The minimum absolute atomic E-state index is 0.135. The van der Waals surface area contributed by atoms with Crippen LogP contribution in [-0.4, -0.2) is 25.2 Å². The molecule has 1 atom stereocenters. The predicted octanol–water partition coefficient (Wildman–Crippen LogP) is 2.18. The van der Waals surface area contributed by atoms with Crippen molar-refractivity contribution in [2.24, 2.45) is 0 Å². The zero-order chi connectivity index (χ0) is 14.9. The Bertz CT molecular complexity index is 722. The van der Waals surface area contributed by atoms with E-state index in [2.05, 4.69) is 14.3 Å². The van der Waals surface area contributed by atoms with Crippen molar-refractivity contribution in [3.05, 3.63) is 30.2 Å². The number of hydrogen-bond acceptors (Lipinski definition) is 7. The van der Waals surface area contributed by atoms with Crippen LogP contribution in [0.2, 0.25) is 0 Å². The maximum absolute atomic E-state index is 12.4. The van der Waals surface area contributed by atoms with Crippen LogP contribution in [0.4, 0.5) is 3.89 Å². The molecule has 0 amide bonds. The van der Waals surface area contributed by atoms with Crippen molar-refractivity contribution in [3.8, 4) is 17.1 Å². The molecule has 0 radical (unpaired) electrons. The van der Waals surface area contributed by atoms with E-state index in [0.717, 1.165) is 12.8 Å². The molecule has 21 heavy (non-hydrogen) atoms. The highest BCUT2D eigenvalue weighted by atomic mass is 32.3. The standard InChI is InChI=1S/C12H11FN2O5S/c13-21(16,17)20-9-5-3-8(4-6-9)11-14-12(19-15-11)10-2-1-7-18-10/h3-6,10H,1-2,7H2. The zero-order valence-corrected chi connectivity index (χ0v) is 11.5. The summed E-state index contributed by atoms with van der Waals surface area (Å²) in [6.45, 7) is 0.673. The topological polar surface area (TPSA) is 91.5 Å². The van der Waals surface area contributed by atoms with Crippen LogP contribution < -0.4 is 4.18 Å². The van der Waals surface area contributed by atoms with Crippen LogP contribution in [-0.2, 0) is 15.2 Å². The van der Waals surface area contributed by atoms with E-state index >= 15 is 0 Å². The molecule has 2 heterocycles. The number of ether oxygens (including phenoxy) is 1. The van der Waals surface area contributed by atoms with Gasteiger partial charge in [-0.25, -0.2) is 0 Å². The van der Waals surface area contributed by atoms with Crippen LogP contribution >= 0.6 is 0 Å². The van der Waals surface area contributed by atoms with Crippen LogP contribution in [0, 0.1) is 0 Å². The van der Waals surface area contributed by atoms with Gasteiger partial charge in [0.1, 0.15) is 11.9 Å². The van der Waals surface area contributed by atoms with Gasteiger partial charge in [-0.05, 0) is 37.1 Å². The molecule has 1 aromatic carbocycles. The quantitative estimate of drug-likeness (QED) is 0.799. The number of hydrogen-bond donors (Lipinski definition) is 0. The van der Waals surface area contributed by atoms with Crippen LogP contribution in [0.5, 0.6) is 5.75 Å². The summed E-state index contributed by atoms with van der Waals surface area (Å²) in [5.41, 5.74) is 0.589. The summed E-state index contributed by atoms with van der Waals surface area (Å²) in [6.07, 6.45) is 1.61. The Balaban J connectivity index is 1.77. The van der Waals surface area contributed by atoms with E-state index in [-0.39, 0.29) is 11.9 Å². The van der Waals surface area contributed by atoms with Gasteiger partial charge in [0.15, 0.2) is 0 Å². The van der Waals surface area contributed by atoms with Gasteiger partial charge in [-0.15, -0.1) is 0 Å². The number of nitrogens with zero attached hydrogens (tertiary/aromatic N) is 2. The van der Waals surface area contributed by atoms with Crippen molar-refractivity contribution in [1.29, 1.82) is 0 Å². The molecule has 0 saturated carbocycles. The highest BCUT2D eigenvalue weighted by molar-refractivity contribution is 7.81. The molecule has 9 heteroatoms. The fourth-order valence-electron chi connectivity index (χ4n) is 2.03. The molecular formula is C12H11FN2O5S. The lowest BCUT2D eigenvalue weighted by Crippen LogP contribution is -2.00. The molecule has 1 unspecified atom stereocenters. The predicted molar refractivity (Wildman–Crippen MR) is 68.3 cm³/mol.